The molecule has 0 amide bonds. The van der Waals surface area contributed by atoms with E-state index >= 15 is 0 Å². The van der Waals surface area contributed by atoms with Crippen molar-refractivity contribution in [3.8, 4) is 0 Å². The van der Waals surface area contributed by atoms with Crippen LogP contribution in [0.4, 0.5) is 0 Å². The van der Waals surface area contributed by atoms with E-state index in [1.165, 1.54) is 42.4 Å². The third-order valence-corrected chi connectivity index (χ3v) is 3.26. The van der Waals surface area contributed by atoms with Crippen molar-refractivity contribution in [2.24, 2.45) is 5.92 Å². The van der Waals surface area contributed by atoms with Crippen molar-refractivity contribution >= 4 is 0 Å². The fourth-order valence-corrected chi connectivity index (χ4v) is 1.97. The van der Waals surface area contributed by atoms with Crippen LogP contribution in [-0.2, 0) is 6.42 Å². The molecule has 0 heterocycles. The second-order valence-electron chi connectivity index (χ2n) is 5.49. The van der Waals surface area contributed by atoms with Crippen LogP contribution in [0.25, 0.3) is 0 Å². The van der Waals surface area contributed by atoms with Crippen LogP contribution < -0.4 is 0 Å². The highest BCUT2D eigenvalue weighted by Gasteiger charge is 2.02. The third-order valence-electron chi connectivity index (χ3n) is 3.26. The van der Waals surface area contributed by atoms with Crippen molar-refractivity contribution in [1.82, 2.24) is 0 Å². The molecule has 0 bridgehead atoms. The Bertz CT molecular complexity index is 339. The van der Waals surface area contributed by atoms with Crippen LogP contribution in [-0.4, -0.2) is 0 Å². The van der Waals surface area contributed by atoms with Crippen LogP contribution in [0.2, 0.25) is 0 Å². The predicted octanol–water partition coefficient (Wildman–Crippen LogP) is 5.31. The molecule has 1 aromatic carbocycles. The van der Waals surface area contributed by atoms with Crippen molar-refractivity contribution in [3.05, 3.63) is 47.0 Å². The van der Waals surface area contributed by atoms with E-state index in [1.807, 2.05) is 0 Å². The monoisotopic (exact) mass is 230 g/mol. The molecule has 0 fully saturated rings. The van der Waals surface area contributed by atoms with E-state index < -0.39 is 0 Å². The summed E-state index contributed by atoms with van der Waals surface area (Å²) in [5, 5.41) is 0. The van der Waals surface area contributed by atoms with Gasteiger partial charge in [-0.05, 0) is 57.9 Å². The Kier molecular flexibility index (Phi) is 6.04. The van der Waals surface area contributed by atoms with E-state index in [1.54, 1.807) is 0 Å². The average molecular weight is 230 g/mol. The fraction of sp³-hybridized carbons (Fsp3) is 0.529. The largest absolute Gasteiger partial charge is 0.0859 e. The van der Waals surface area contributed by atoms with Gasteiger partial charge in [-0.3, -0.25) is 0 Å². The van der Waals surface area contributed by atoms with Gasteiger partial charge >= 0.3 is 0 Å². The highest BCUT2D eigenvalue weighted by atomic mass is 14.1. The summed E-state index contributed by atoms with van der Waals surface area (Å²) >= 11 is 0. The van der Waals surface area contributed by atoms with Gasteiger partial charge in [0.15, 0.2) is 0 Å². The smallest absolute Gasteiger partial charge is 0.0276 e. The standard InChI is InChI=1S/C17H26/c1-14(2)6-5-7-15(3)8-11-17-12-9-16(4)10-13-17/h6,9-10,12-13,15H,5,7-8,11H2,1-4H3. The van der Waals surface area contributed by atoms with Gasteiger partial charge in [0.25, 0.3) is 0 Å². The number of benzene rings is 1. The first-order chi connectivity index (χ1) is 8.08. The average Bonchev–Trinajstić information content (AvgIpc) is 2.28. The molecule has 1 atom stereocenters. The van der Waals surface area contributed by atoms with E-state index in [9.17, 15) is 0 Å². The molecule has 17 heavy (non-hydrogen) atoms. The van der Waals surface area contributed by atoms with Crippen LogP contribution in [0.15, 0.2) is 35.9 Å². The quantitative estimate of drug-likeness (QED) is 0.581. The molecule has 0 N–H and O–H groups in total. The van der Waals surface area contributed by atoms with Gasteiger partial charge in [0.1, 0.15) is 0 Å². The summed E-state index contributed by atoms with van der Waals surface area (Å²) in [6.07, 6.45) is 7.42. The molecule has 0 aromatic heterocycles. The first kappa shape index (κ1) is 14.0. The number of aryl methyl sites for hydroxylation is 2. The summed E-state index contributed by atoms with van der Waals surface area (Å²) in [6.45, 7) is 8.87. The van der Waals surface area contributed by atoms with Gasteiger partial charge in [-0.1, -0.05) is 48.4 Å². The van der Waals surface area contributed by atoms with Crippen molar-refractivity contribution in [1.29, 1.82) is 0 Å². The summed E-state index contributed by atoms with van der Waals surface area (Å²) in [6, 6.07) is 8.95. The normalized spacial score (nSPS) is 12.2. The zero-order chi connectivity index (χ0) is 12.7. The Morgan fingerprint density at radius 2 is 1.76 bits per heavy atom. The van der Waals surface area contributed by atoms with Gasteiger partial charge in [0.05, 0.1) is 0 Å². The minimum Gasteiger partial charge on any atom is -0.0859 e. The number of hydrogen-bond acceptors (Lipinski definition) is 0. The SMILES string of the molecule is CC(C)=CCCC(C)CCc1ccc(C)cc1. The lowest BCUT2D eigenvalue weighted by atomic mass is 9.96. The minimum atomic E-state index is 0.826. The Labute approximate surface area is 107 Å². The Morgan fingerprint density at radius 3 is 2.35 bits per heavy atom. The molecule has 1 unspecified atom stereocenters. The Hall–Kier alpha value is -1.04. The second kappa shape index (κ2) is 7.32. The van der Waals surface area contributed by atoms with Crippen LogP contribution in [0, 0.1) is 12.8 Å². The number of allylic oxidation sites excluding steroid dienone is 2. The van der Waals surface area contributed by atoms with E-state index in [0.29, 0.717) is 0 Å². The van der Waals surface area contributed by atoms with Crippen LogP contribution >= 0.6 is 0 Å². The summed E-state index contributed by atoms with van der Waals surface area (Å²) < 4.78 is 0. The molecular formula is C17H26. The van der Waals surface area contributed by atoms with Gasteiger partial charge in [-0.15, -0.1) is 0 Å². The molecule has 94 valence electrons. The summed E-state index contributed by atoms with van der Waals surface area (Å²) in [5.74, 6) is 0.826. The molecule has 1 rings (SSSR count). The molecule has 0 radical (unpaired) electrons. The van der Waals surface area contributed by atoms with Crippen molar-refractivity contribution in [3.63, 3.8) is 0 Å². The van der Waals surface area contributed by atoms with Crippen molar-refractivity contribution < 1.29 is 0 Å². The molecular weight excluding hydrogens is 204 g/mol. The lowest BCUT2D eigenvalue weighted by molar-refractivity contribution is 0.497. The molecule has 0 heteroatoms. The maximum absolute atomic E-state index is 2.37. The maximum atomic E-state index is 2.37. The van der Waals surface area contributed by atoms with Crippen molar-refractivity contribution in [2.45, 2.75) is 53.4 Å². The summed E-state index contributed by atoms with van der Waals surface area (Å²) in [7, 11) is 0. The second-order valence-corrected chi connectivity index (χ2v) is 5.49. The van der Waals surface area contributed by atoms with Gasteiger partial charge < -0.3 is 0 Å². The van der Waals surface area contributed by atoms with Gasteiger partial charge in [-0.25, -0.2) is 0 Å². The first-order valence-corrected chi connectivity index (χ1v) is 6.77. The third kappa shape index (κ3) is 6.31. The zero-order valence-electron chi connectivity index (χ0n) is 11.8. The molecule has 0 spiro atoms. The zero-order valence-corrected chi connectivity index (χ0v) is 11.8. The number of hydrogen-bond donors (Lipinski definition) is 0. The van der Waals surface area contributed by atoms with Gasteiger partial charge in [0.2, 0.25) is 0 Å². The highest BCUT2D eigenvalue weighted by molar-refractivity contribution is 5.21. The van der Waals surface area contributed by atoms with Crippen LogP contribution in [0.1, 0.15) is 51.2 Å². The molecule has 0 saturated heterocycles. The Morgan fingerprint density at radius 1 is 1.12 bits per heavy atom. The first-order valence-electron chi connectivity index (χ1n) is 6.77. The van der Waals surface area contributed by atoms with Gasteiger partial charge in [0, 0.05) is 0 Å². The molecule has 0 saturated carbocycles. The maximum Gasteiger partial charge on any atom is -0.0276 e. The lowest BCUT2D eigenvalue weighted by Crippen LogP contribution is -1.97. The predicted molar refractivity (Wildman–Crippen MR) is 77.3 cm³/mol. The minimum absolute atomic E-state index is 0.826. The van der Waals surface area contributed by atoms with Crippen LogP contribution in [0.3, 0.4) is 0 Å². The fourth-order valence-electron chi connectivity index (χ4n) is 1.97. The van der Waals surface area contributed by atoms with Crippen LogP contribution in [0.5, 0.6) is 0 Å². The molecule has 0 nitrogen and oxygen atoms in total. The van der Waals surface area contributed by atoms with E-state index in [2.05, 4.69) is 58.0 Å². The van der Waals surface area contributed by atoms with E-state index in [4.69, 9.17) is 0 Å². The summed E-state index contributed by atoms with van der Waals surface area (Å²) in [5.41, 5.74) is 4.27. The van der Waals surface area contributed by atoms with E-state index in [0.717, 1.165) is 5.92 Å². The Balaban J connectivity index is 2.26. The highest BCUT2D eigenvalue weighted by Crippen LogP contribution is 2.15. The molecule has 0 aliphatic rings. The van der Waals surface area contributed by atoms with Gasteiger partial charge in [-0.2, -0.15) is 0 Å². The topological polar surface area (TPSA) is 0 Å². The lowest BCUT2D eigenvalue weighted by Gasteiger charge is -2.10. The molecule has 1 aromatic rings. The number of rotatable bonds is 6. The molecule has 0 aliphatic heterocycles. The summed E-state index contributed by atoms with van der Waals surface area (Å²) in [4.78, 5) is 0. The molecule has 0 aliphatic carbocycles. The van der Waals surface area contributed by atoms with Crippen molar-refractivity contribution in [2.75, 3.05) is 0 Å². The van der Waals surface area contributed by atoms with E-state index in [-0.39, 0.29) is 0 Å².